The van der Waals surface area contributed by atoms with Crippen LogP contribution < -0.4 is 15.4 Å². The maximum atomic E-state index is 12.0. The molecule has 1 heterocycles. The lowest BCUT2D eigenvalue weighted by Crippen LogP contribution is -2.28. The van der Waals surface area contributed by atoms with Crippen LogP contribution in [-0.2, 0) is 6.54 Å². The summed E-state index contributed by atoms with van der Waals surface area (Å²) in [6.07, 6.45) is 1.62. The van der Waals surface area contributed by atoms with Crippen LogP contribution in [0.1, 0.15) is 25.1 Å². The van der Waals surface area contributed by atoms with E-state index < -0.39 is 0 Å². The first-order chi connectivity index (χ1) is 11.1. The standard InChI is InChI=1S/C17H18N4O2/c1-12(2)23-16-7-6-13(10-18)9-15(16)21-17(22)20-11-14-5-3-4-8-19-14/h3-9,12H,11H2,1-2H3,(H2,20,21,22). The molecule has 2 amide bonds. The highest BCUT2D eigenvalue weighted by Gasteiger charge is 2.10. The number of anilines is 1. The van der Waals surface area contributed by atoms with E-state index in [0.717, 1.165) is 5.69 Å². The van der Waals surface area contributed by atoms with Crippen LogP contribution >= 0.6 is 0 Å². The van der Waals surface area contributed by atoms with Crippen LogP contribution in [0.25, 0.3) is 0 Å². The van der Waals surface area contributed by atoms with Gasteiger partial charge in [-0.15, -0.1) is 0 Å². The molecule has 0 radical (unpaired) electrons. The zero-order valence-corrected chi connectivity index (χ0v) is 13.0. The van der Waals surface area contributed by atoms with E-state index >= 15 is 0 Å². The Bertz CT molecular complexity index is 708. The van der Waals surface area contributed by atoms with Crippen molar-refractivity contribution in [3.05, 3.63) is 53.9 Å². The lowest BCUT2D eigenvalue weighted by atomic mass is 10.2. The van der Waals surface area contributed by atoms with Gasteiger partial charge >= 0.3 is 6.03 Å². The molecule has 0 saturated heterocycles. The fourth-order valence-corrected chi connectivity index (χ4v) is 1.89. The first kappa shape index (κ1) is 16.3. The molecule has 0 fully saturated rings. The van der Waals surface area contributed by atoms with Gasteiger partial charge in [0.25, 0.3) is 0 Å². The van der Waals surface area contributed by atoms with Crippen molar-refractivity contribution in [3.63, 3.8) is 0 Å². The molecule has 118 valence electrons. The number of nitrogens with zero attached hydrogens (tertiary/aromatic N) is 2. The topological polar surface area (TPSA) is 87.0 Å². The van der Waals surface area contributed by atoms with Crippen LogP contribution in [-0.4, -0.2) is 17.1 Å². The maximum absolute atomic E-state index is 12.0. The lowest BCUT2D eigenvalue weighted by Gasteiger charge is -2.15. The normalized spacial score (nSPS) is 10.0. The summed E-state index contributed by atoms with van der Waals surface area (Å²) in [6, 6.07) is 12.0. The van der Waals surface area contributed by atoms with Crippen LogP contribution in [0, 0.1) is 11.3 Å². The van der Waals surface area contributed by atoms with Crippen molar-refractivity contribution in [3.8, 4) is 11.8 Å². The number of ether oxygens (including phenoxy) is 1. The van der Waals surface area contributed by atoms with Crippen LogP contribution in [0.15, 0.2) is 42.6 Å². The minimum absolute atomic E-state index is 0.0416. The van der Waals surface area contributed by atoms with Gasteiger partial charge in [0, 0.05) is 6.20 Å². The van der Waals surface area contributed by atoms with Gasteiger partial charge in [0.1, 0.15) is 5.75 Å². The monoisotopic (exact) mass is 310 g/mol. The summed E-state index contributed by atoms with van der Waals surface area (Å²) < 4.78 is 5.64. The Morgan fingerprint density at radius 1 is 1.35 bits per heavy atom. The van der Waals surface area contributed by atoms with E-state index in [2.05, 4.69) is 15.6 Å². The van der Waals surface area contributed by atoms with Gasteiger partial charge in [-0.05, 0) is 44.2 Å². The van der Waals surface area contributed by atoms with Gasteiger partial charge in [0.15, 0.2) is 0 Å². The quantitative estimate of drug-likeness (QED) is 0.888. The Kier molecular flexibility index (Phi) is 5.53. The summed E-state index contributed by atoms with van der Waals surface area (Å²) in [5.74, 6) is 0.520. The number of rotatable bonds is 5. The molecule has 0 aliphatic heterocycles. The van der Waals surface area contributed by atoms with Gasteiger partial charge in [-0.3, -0.25) is 4.98 Å². The van der Waals surface area contributed by atoms with Crippen molar-refractivity contribution in [1.82, 2.24) is 10.3 Å². The third kappa shape index (κ3) is 5.00. The predicted molar refractivity (Wildman–Crippen MR) is 87.0 cm³/mol. The first-order valence-corrected chi connectivity index (χ1v) is 7.24. The predicted octanol–water partition coefficient (Wildman–Crippen LogP) is 3.06. The summed E-state index contributed by atoms with van der Waals surface area (Å²) in [4.78, 5) is 16.2. The highest BCUT2D eigenvalue weighted by Crippen LogP contribution is 2.26. The van der Waals surface area contributed by atoms with E-state index in [9.17, 15) is 4.79 Å². The Morgan fingerprint density at radius 2 is 2.17 bits per heavy atom. The second-order valence-electron chi connectivity index (χ2n) is 5.12. The zero-order valence-electron chi connectivity index (χ0n) is 13.0. The fourth-order valence-electron chi connectivity index (χ4n) is 1.89. The third-order valence-corrected chi connectivity index (χ3v) is 2.88. The molecule has 6 nitrogen and oxygen atoms in total. The number of benzene rings is 1. The second-order valence-corrected chi connectivity index (χ2v) is 5.12. The van der Waals surface area contributed by atoms with Crippen molar-refractivity contribution >= 4 is 11.7 Å². The molecule has 0 aliphatic rings. The summed E-state index contributed by atoms with van der Waals surface area (Å²) in [5.41, 5.74) is 1.66. The summed E-state index contributed by atoms with van der Waals surface area (Å²) in [6.45, 7) is 4.09. The Balaban J connectivity index is 2.05. The summed E-state index contributed by atoms with van der Waals surface area (Å²) in [7, 11) is 0. The molecule has 23 heavy (non-hydrogen) atoms. The van der Waals surface area contributed by atoms with Gasteiger partial charge in [0.05, 0.1) is 35.7 Å². The summed E-state index contributed by atoms with van der Waals surface area (Å²) in [5, 5.41) is 14.4. The van der Waals surface area contributed by atoms with Gasteiger partial charge in [-0.1, -0.05) is 6.07 Å². The minimum atomic E-state index is -0.389. The number of nitrogens with one attached hydrogen (secondary N) is 2. The smallest absolute Gasteiger partial charge is 0.319 e. The van der Waals surface area contributed by atoms with E-state index in [4.69, 9.17) is 10.00 Å². The molecule has 0 bridgehead atoms. The number of nitriles is 1. The van der Waals surface area contributed by atoms with E-state index in [-0.39, 0.29) is 12.1 Å². The SMILES string of the molecule is CC(C)Oc1ccc(C#N)cc1NC(=O)NCc1ccccn1. The van der Waals surface area contributed by atoms with Gasteiger partial charge < -0.3 is 15.4 Å². The van der Waals surface area contributed by atoms with Crippen molar-refractivity contribution in [2.45, 2.75) is 26.5 Å². The number of carbonyl (C=O) groups excluding carboxylic acids is 1. The van der Waals surface area contributed by atoms with E-state index in [1.165, 1.54) is 0 Å². The molecule has 0 aliphatic carbocycles. The van der Waals surface area contributed by atoms with Crippen molar-refractivity contribution in [2.75, 3.05) is 5.32 Å². The molecule has 2 rings (SSSR count). The number of hydrogen-bond acceptors (Lipinski definition) is 4. The molecule has 1 aromatic carbocycles. The molecular weight excluding hydrogens is 292 g/mol. The van der Waals surface area contributed by atoms with Crippen LogP contribution in [0.5, 0.6) is 5.75 Å². The molecule has 2 aromatic rings. The highest BCUT2D eigenvalue weighted by atomic mass is 16.5. The lowest BCUT2D eigenvalue weighted by molar-refractivity contribution is 0.241. The van der Waals surface area contributed by atoms with Crippen LogP contribution in [0.4, 0.5) is 10.5 Å². The Labute approximate surface area is 135 Å². The zero-order chi connectivity index (χ0) is 16.7. The highest BCUT2D eigenvalue weighted by molar-refractivity contribution is 5.91. The van der Waals surface area contributed by atoms with E-state index in [1.54, 1.807) is 24.4 Å². The molecule has 6 heteroatoms. The number of pyridine rings is 1. The van der Waals surface area contributed by atoms with Gasteiger partial charge in [-0.25, -0.2) is 4.79 Å². The maximum Gasteiger partial charge on any atom is 0.319 e. The number of aromatic nitrogens is 1. The van der Waals surface area contributed by atoms with E-state index in [1.807, 2.05) is 38.1 Å². The second kappa shape index (κ2) is 7.80. The van der Waals surface area contributed by atoms with Crippen LogP contribution in [0.2, 0.25) is 0 Å². The largest absolute Gasteiger partial charge is 0.489 e. The first-order valence-electron chi connectivity index (χ1n) is 7.24. The average Bonchev–Trinajstić information content (AvgIpc) is 2.55. The molecule has 2 N–H and O–H groups in total. The van der Waals surface area contributed by atoms with Crippen molar-refractivity contribution in [1.29, 1.82) is 5.26 Å². The Hall–Kier alpha value is -3.07. The van der Waals surface area contributed by atoms with E-state index in [0.29, 0.717) is 23.5 Å². The Morgan fingerprint density at radius 3 is 2.83 bits per heavy atom. The molecule has 0 atom stereocenters. The third-order valence-electron chi connectivity index (χ3n) is 2.88. The molecular formula is C17H18N4O2. The van der Waals surface area contributed by atoms with Gasteiger partial charge in [-0.2, -0.15) is 5.26 Å². The summed E-state index contributed by atoms with van der Waals surface area (Å²) >= 11 is 0. The molecule has 1 aromatic heterocycles. The number of urea groups is 1. The minimum Gasteiger partial charge on any atom is -0.489 e. The molecule has 0 unspecified atom stereocenters. The van der Waals surface area contributed by atoms with Crippen molar-refractivity contribution < 1.29 is 9.53 Å². The van der Waals surface area contributed by atoms with Crippen molar-refractivity contribution in [2.24, 2.45) is 0 Å². The number of hydrogen-bond donors (Lipinski definition) is 2. The van der Waals surface area contributed by atoms with Gasteiger partial charge in [0.2, 0.25) is 0 Å². The fraction of sp³-hybridized carbons (Fsp3) is 0.235. The molecule has 0 spiro atoms. The molecule has 0 saturated carbocycles. The number of amides is 2. The van der Waals surface area contributed by atoms with Crippen LogP contribution in [0.3, 0.4) is 0 Å². The average molecular weight is 310 g/mol. The number of carbonyl (C=O) groups is 1.